The number of hydrogen-bond donors (Lipinski definition) is 2. The molecule has 1 aromatic rings. The van der Waals surface area contributed by atoms with Crippen molar-refractivity contribution in [2.24, 2.45) is 5.41 Å². The fourth-order valence-corrected chi connectivity index (χ4v) is 3.61. The summed E-state index contributed by atoms with van der Waals surface area (Å²) in [6.07, 6.45) is 0.696. The third-order valence-corrected chi connectivity index (χ3v) is 5.85. The van der Waals surface area contributed by atoms with Crippen molar-refractivity contribution in [1.29, 1.82) is 0 Å². The Hall–Kier alpha value is -1.30. The first-order valence-corrected chi connectivity index (χ1v) is 8.99. The summed E-state index contributed by atoms with van der Waals surface area (Å²) < 4.78 is 5.59. The fourth-order valence-electron chi connectivity index (χ4n) is 3.29. The van der Waals surface area contributed by atoms with Gasteiger partial charge in [-0.25, -0.2) is 4.79 Å². The van der Waals surface area contributed by atoms with E-state index in [0.29, 0.717) is 23.1 Å². The van der Waals surface area contributed by atoms with Crippen LogP contribution in [0.25, 0.3) is 0 Å². The Morgan fingerprint density at radius 3 is 2.52 bits per heavy atom. The normalized spacial score (nSPS) is 24.4. The second kappa shape index (κ2) is 7.52. The van der Waals surface area contributed by atoms with Crippen molar-refractivity contribution in [2.45, 2.75) is 51.7 Å². The Balaban J connectivity index is 2.02. The molecule has 0 saturated heterocycles. The van der Waals surface area contributed by atoms with E-state index in [0.717, 1.165) is 5.56 Å². The molecule has 2 unspecified atom stereocenters. The summed E-state index contributed by atoms with van der Waals surface area (Å²) in [5.41, 5.74) is -1.12. The third kappa shape index (κ3) is 3.78. The van der Waals surface area contributed by atoms with Gasteiger partial charge < -0.3 is 15.2 Å². The zero-order valence-electron chi connectivity index (χ0n) is 14.6. The van der Waals surface area contributed by atoms with Crippen LogP contribution in [0.5, 0.6) is 0 Å². The Morgan fingerprint density at radius 1 is 1.32 bits per heavy atom. The lowest BCUT2D eigenvalue weighted by Gasteiger charge is -2.58. The van der Waals surface area contributed by atoms with Gasteiger partial charge in [0, 0.05) is 24.9 Å². The molecule has 1 aliphatic rings. The number of rotatable bonds is 7. The Morgan fingerprint density at radius 2 is 2.00 bits per heavy atom. The van der Waals surface area contributed by atoms with Crippen molar-refractivity contribution in [3.8, 4) is 0 Å². The molecule has 0 spiro atoms. The van der Waals surface area contributed by atoms with Crippen LogP contribution in [0.4, 0.5) is 0 Å². The van der Waals surface area contributed by atoms with Crippen molar-refractivity contribution in [3.05, 3.63) is 33.8 Å². The van der Waals surface area contributed by atoms with Gasteiger partial charge >= 0.3 is 5.97 Å². The quantitative estimate of drug-likeness (QED) is 0.747. The monoisotopic (exact) mass is 387 g/mol. The molecule has 0 aliphatic heterocycles. The molecule has 0 aromatic heterocycles. The Kier molecular flexibility index (Phi) is 6.02. The number of nitrogens with one attached hydrogen (secondary N) is 1. The first-order valence-electron chi connectivity index (χ1n) is 8.24. The molecule has 25 heavy (non-hydrogen) atoms. The van der Waals surface area contributed by atoms with Gasteiger partial charge in [0.05, 0.1) is 16.1 Å². The topological polar surface area (TPSA) is 75.6 Å². The lowest BCUT2D eigenvalue weighted by molar-refractivity contribution is -0.194. The highest BCUT2D eigenvalue weighted by Gasteiger charge is 2.66. The minimum atomic E-state index is -1.30. The minimum absolute atomic E-state index is 0.169. The molecule has 1 fully saturated rings. The molecule has 0 radical (unpaired) electrons. The van der Waals surface area contributed by atoms with Crippen molar-refractivity contribution < 1.29 is 19.4 Å². The summed E-state index contributed by atoms with van der Waals surface area (Å²) in [6.45, 7) is 6.00. The smallest absolute Gasteiger partial charge is 0.330 e. The second-order valence-corrected chi connectivity index (χ2v) is 7.69. The average Bonchev–Trinajstić information content (AvgIpc) is 2.54. The van der Waals surface area contributed by atoms with Gasteiger partial charge in [-0.3, -0.25) is 4.79 Å². The van der Waals surface area contributed by atoms with Gasteiger partial charge in [-0.15, -0.1) is 0 Å². The van der Waals surface area contributed by atoms with E-state index < -0.39 is 16.9 Å². The van der Waals surface area contributed by atoms with Gasteiger partial charge in [-0.05, 0) is 31.0 Å². The largest absolute Gasteiger partial charge is 0.479 e. The van der Waals surface area contributed by atoms with E-state index in [1.807, 2.05) is 20.8 Å². The first kappa shape index (κ1) is 20.0. The molecule has 2 N–H and O–H groups in total. The van der Waals surface area contributed by atoms with Crippen LogP contribution in [0.1, 0.15) is 39.2 Å². The maximum absolute atomic E-state index is 12.4. The predicted octanol–water partition coefficient (Wildman–Crippen LogP) is 3.70. The maximum atomic E-state index is 12.4. The van der Waals surface area contributed by atoms with Crippen LogP contribution in [0.15, 0.2) is 18.2 Å². The van der Waals surface area contributed by atoms with Gasteiger partial charge in [-0.2, -0.15) is 0 Å². The van der Waals surface area contributed by atoms with Crippen LogP contribution in [0.3, 0.4) is 0 Å². The highest BCUT2D eigenvalue weighted by molar-refractivity contribution is 6.42. The maximum Gasteiger partial charge on any atom is 0.330 e. The molecule has 7 heteroatoms. The zero-order chi connectivity index (χ0) is 18.8. The van der Waals surface area contributed by atoms with Gasteiger partial charge in [0.2, 0.25) is 5.91 Å². The van der Waals surface area contributed by atoms with Crippen molar-refractivity contribution >= 4 is 35.1 Å². The summed E-state index contributed by atoms with van der Waals surface area (Å²) in [6, 6.07) is 5.19. The van der Waals surface area contributed by atoms with E-state index in [2.05, 4.69) is 5.32 Å². The minimum Gasteiger partial charge on any atom is -0.479 e. The lowest BCUT2D eigenvalue weighted by atomic mass is 9.54. The van der Waals surface area contributed by atoms with Crippen molar-refractivity contribution in [2.75, 3.05) is 6.61 Å². The standard InChI is InChI=1S/C18H23Cl2NO4/c1-4-25-14-10-18(16(23)24,17(14,2)3)21-15(22)8-6-11-5-7-12(19)13(20)9-11/h5,7,9,14H,4,6,8,10H2,1-3H3,(H,21,22)(H,23,24). The molecule has 1 aliphatic carbocycles. The third-order valence-electron chi connectivity index (χ3n) is 5.11. The highest BCUT2D eigenvalue weighted by Crippen LogP contribution is 2.51. The molecule has 1 aromatic carbocycles. The van der Waals surface area contributed by atoms with Gasteiger partial charge in [0.25, 0.3) is 0 Å². The SMILES string of the molecule is CCOC1CC(NC(=O)CCc2ccc(Cl)c(Cl)c2)(C(=O)O)C1(C)C. The molecule has 0 heterocycles. The van der Waals surface area contributed by atoms with Crippen molar-refractivity contribution in [3.63, 3.8) is 0 Å². The zero-order valence-corrected chi connectivity index (χ0v) is 16.1. The van der Waals surface area contributed by atoms with Crippen LogP contribution >= 0.6 is 23.2 Å². The number of aliphatic carboxylic acids is 1. The van der Waals surface area contributed by atoms with Crippen LogP contribution in [-0.4, -0.2) is 35.2 Å². The van der Waals surface area contributed by atoms with Crippen LogP contribution in [-0.2, 0) is 20.7 Å². The van der Waals surface area contributed by atoms with Gasteiger partial charge in [0.1, 0.15) is 5.54 Å². The van der Waals surface area contributed by atoms with E-state index in [1.54, 1.807) is 18.2 Å². The summed E-state index contributed by atoms with van der Waals surface area (Å²) in [7, 11) is 0. The number of amides is 1. The van der Waals surface area contributed by atoms with E-state index in [9.17, 15) is 14.7 Å². The van der Waals surface area contributed by atoms with E-state index in [1.165, 1.54) is 0 Å². The molecular weight excluding hydrogens is 365 g/mol. The number of carbonyl (C=O) groups excluding carboxylic acids is 1. The molecule has 2 rings (SSSR count). The summed E-state index contributed by atoms with van der Waals surface area (Å²) >= 11 is 11.8. The first-order chi connectivity index (χ1) is 11.6. The number of halogens is 2. The van der Waals surface area contributed by atoms with Crippen molar-refractivity contribution in [1.82, 2.24) is 5.32 Å². The average molecular weight is 388 g/mol. The lowest BCUT2D eigenvalue weighted by Crippen LogP contribution is -2.76. The molecule has 138 valence electrons. The van der Waals surface area contributed by atoms with Crippen LogP contribution < -0.4 is 5.32 Å². The second-order valence-electron chi connectivity index (χ2n) is 6.88. The van der Waals surface area contributed by atoms with Crippen LogP contribution in [0, 0.1) is 5.41 Å². The van der Waals surface area contributed by atoms with Crippen LogP contribution in [0.2, 0.25) is 10.0 Å². The number of benzene rings is 1. The summed E-state index contributed by atoms with van der Waals surface area (Å²) in [4.78, 5) is 24.2. The van der Waals surface area contributed by atoms with Gasteiger partial charge in [-0.1, -0.05) is 43.1 Å². The Labute approximate surface area is 157 Å². The molecule has 5 nitrogen and oxygen atoms in total. The van der Waals surface area contributed by atoms with E-state index in [-0.39, 0.29) is 24.9 Å². The molecule has 1 amide bonds. The highest BCUT2D eigenvalue weighted by atomic mass is 35.5. The summed E-state index contributed by atoms with van der Waals surface area (Å²) in [5, 5.41) is 13.3. The number of carboxylic acid groups (broad SMARTS) is 1. The molecule has 0 bridgehead atoms. The molecular formula is C18H23Cl2NO4. The molecule has 1 saturated carbocycles. The number of carbonyl (C=O) groups is 2. The van der Waals surface area contributed by atoms with E-state index >= 15 is 0 Å². The van der Waals surface area contributed by atoms with Gasteiger partial charge in [0.15, 0.2) is 0 Å². The number of hydrogen-bond acceptors (Lipinski definition) is 3. The Bertz CT molecular complexity index is 677. The molecule has 2 atom stereocenters. The predicted molar refractivity (Wildman–Crippen MR) is 97.1 cm³/mol. The fraction of sp³-hybridized carbons (Fsp3) is 0.556. The number of aryl methyl sites for hydroxylation is 1. The number of carboxylic acids is 1. The number of ether oxygens (including phenoxy) is 1. The van der Waals surface area contributed by atoms with E-state index in [4.69, 9.17) is 27.9 Å². The summed E-state index contributed by atoms with van der Waals surface area (Å²) in [5.74, 6) is -1.34.